The average Bonchev–Trinajstić information content (AvgIpc) is 3.65. The molecule has 7 nitrogen and oxygen atoms in total. The first-order valence-electron chi connectivity index (χ1n) is 12.6. The van der Waals surface area contributed by atoms with E-state index in [4.69, 9.17) is 9.84 Å². The maximum absolute atomic E-state index is 13.0. The smallest absolute Gasteiger partial charge is 0.407 e. The summed E-state index contributed by atoms with van der Waals surface area (Å²) in [7, 11) is 0. The Morgan fingerprint density at radius 1 is 0.886 bits per heavy atom. The van der Waals surface area contributed by atoms with E-state index in [9.17, 15) is 14.4 Å². The summed E-state index contributed by atoms with van der Waals surface area (Å²) in [4.78, 5) is 38.3. The van der Waals surface area contributed by atoms with Crippen LogP contribution in [-0.4, -0.2) is 53.2 Å². The Balaban J connectivity index is 1.11. The van der Waals surface area contributed by atoms with E-state index >= 15 is 0 Å². The number of ether oxygens (including phenoxy) is 1. The van der Waals surface area contributed by atoms with Crippen LogP contribution in [0, 0.1) is 5.92 Å². The summed E-state index contributed by atoms with van der Waals surface area (Å²) in [6.07, 6.45) is 4.33. The number of alkyl carbamates (subject to hydrolysis) is 1. The van der Waals surface area contributed by atoms with Gasteiger partial charge in [-0.1, -0.05) is 48.5 Å². The number of hydrogen-bond donors (Lipinski definition) is 2. The van der Waals surface area contributed by atoms with Gasteiger partial charge in [-0.25, -0.2) is 4.79 Å². The quantitative estimate of drug-likeness (QED) is 0.583. The summed E-state index contributed by atoms with van der Waals surface area (Å²) in [5.41, 5.74) is 4.76. The van der Waals surface area contributed by atoms with Crippen molar-refractivity contribution < 1.29 is 24.2 Å². The zero-order valence-electron chi connectivity index (χ0n) is 19.8. The van der Waals surface area contributed by atoms with Crippen LogP contribution in [0.2, 0.25) is 0 Å². The molecule has 3 aliphatic rings. The molecule has 2 aromatic rings. The van der Waals surface area contributed by atoms with Crippen LogP contribution in [0.15, 0.2) is 48.5 Å². The SMILES string of the molecule is O=C(O)CCN(C(=O)C1CCC(NC(=O)OCC2c3ccccc3-c3ccccc32)CC1)C1CC1. The molecule has 0 radical (unpaired) electrons. The third-order valence-electron chi connectivity index (χ3n) is 7.58. The van der Waals surface area contributed by atoms with Gasteiger partial charge in [-0.3, -0.25) is 9.59 Å². The number of rotatable bonds is 8. The topological polar surface area (TPSA) is 95.9 Å². The number of amides is 2. The minimum Gasteiger partial charge on any atom is -0.481 e. The number of carboxylic acid groups (broad SMARTS) is 1. The zero-order valence-corrected chi connectivity index (χ0v) is 19.8. The maximum atomic E-state index is 13.0. The zero-order chi connectivity index (χ0) is 24.4. The largest absolute Gasteiger partial charge is 0.481 e. The maximum Gasteiger partial charge on any atom is 0.407 e. The minimum absolute atomic E-state index is 0.0110. The summed E-state index contributed by atoms with van der Waals surface area (Å²) >= 11 is 0. The molecule has 2 fully saturated rings. The molecule has 0 heterocycles. The van der Waals surface area contributed by atoms with Gasteiger partial charge in [0.15, 0.2) is 0 Å². The van der Waals surface area contributed by atoms with E-state index in [1.165, 1.54) is 22.3 Å². The lowest BCUT2D eigenvalue weighted by atomic mass is 9.85. The van der Waals surface area contributed by atoms with Crippen LogP contribution in [0.5, 0.6) is 0 Å². The van der Waals surface area contributed by atoms with E-state index in [2.05, 4.69) is 29.6 Å². The molecule has 0 bridgehead atoms. The second-order valence-electron chi connectivity index (χ2n) is 9.92. The minimum atomic E-state index is -0.876. The van der Waals surface area contributed by atoms with E-state index in [1.54, 1.807) is 4.90 Å². The summed E-state index contributed by atoms with van der Waals surface area (Å²) in [5.74, 6) is -0.863. The van der Waals surface area contributed by atoms with Gasteiger partial charge in [0.05, 0.1) is 6.42 Å². The Morgan fingerprint density at radius 2 is 1.49 bits per heavy atom. The first-order chi connectivity index (χ1) is 17.0. The van der Waals surface area contributed by atoms with Crippen molar-refractivity contribution in [2.45, 2.75) is 62.9 Å². The highest BCUT2D eigenvalue weighted by molar-refractivity contribution is 5.81. The first kappa shape index (κ1) is 23.4. The Kier molecular flexibility index (Phi) is 6.75. The van der Waals surface area contributed by atoms with Gasteiger partial charge in [0.25, 0.3) is 0 Å². The van der Waals surface area contributed by atoms with Gasteiger partial charge in [-0.05, 0) is 60.8 Å². The number of carbonyl (C=O) groups is 3. The second kappa shape index (κ2) is 10.1. The number of nitrogens with zero attached hydrogens (tertiary/aromatic N) is 1. The van der Waals surface area contributed by atoms with Gasteiger partial charge in [0.2, 0.25) is 5.91 Å². The monoisotopic (exact) mass is 476 g/mol. The van der Waals surface area contributed by atoms with Crippen molar-refractivity contribution in [3.63, 3.8) is 0 Å². The molecular formula is C28H32N2O5. The number of nitrogens with one attached hydrogen (secondary N) is 1. The normalized spacial score (nSPS) is 21.0. The van der Waals surface area contributed by atoms with E-state index < -0.39 is 12.1 Å². The highest BCUT2D eigenvalue weighted by Crippen LogP contribution is 2.44. The number of fused-ring (bicyclic) bond motifs is 3. The fourth-order valence-electron chi connectivity index (χ4n) is 5.60. The molecule has 0 spiro atoms. The molecule has 0 atom stereocenters. The number of benzene rings is 2. The van der Waals surface area contributed by atoms with Crippen LogP contribution in [0.1, 0.15) is 62.0 Å². The third kappa shape index (κ3) is 5.19. The third-order valence-corrected chi connectivity index (χ3v) is 7.58. The highest BCUT2D eigenvalue weighted by Gasteiger charge is 2.37. The Bertz CT molecular complexity index is 1060. The molecule has 2 amide bonds. The lowest BCUT2D eigenvalue weighted by Crippen LogP contribution is -2.43. The number of hydrogen-bond acceptors (Lipinski definition) is 4. The molecule has 2 saturated carbocycles. The Labute approximate surface area is 205 Å². The van der Waals surface area contributed by atoms with Crippen molar-refractivity contribution >= 4 is 18.0 Å². The first-order valence-corrected chi connectivity index (χ1v) is 12.6. The molecule has 2 aromatic carbocycles. The summed E-state index contributed by atoms with van der Waals surface area (Å²) in [5, 5.41) is 12.0. The average molecular weight is 477 g/mol. The lowest BCUT2D eigenvalue weighted by Gasteiger charge is -2.32. The number of carboxylic acids is 1. The van der Waals surface area contributed by atoms with Crippen molar-refractivity contribution in [2.75, 3.05) is 13.2 Å². The lowest BCUT2D eigenvalue weighted by molar-refractivity contribution is -0.140. The number of aliphatic carboxylic acids is 1. The van der Waals surface area contributed by atoms with Crippen molar-refractivity contribution in [3.8, 4) is 11.1 Å². The molecule has 7 heteroatoms. The van der Waals surface area contributed by atoms with Crippen molar-refractivity contribution in [3.05, 3.63) is 59.7 Å². The molecular weight excluding hydrogens is 444 g/mol. The van der Waals surface area contributed by atoms with Crippen molar-refractivity contribution in [1.82, 2.24) is 10.2 Å². The summed E-state index contributed by atoms with van der Waals surface area (Å²) in [6, 6.07) is 16.7. The molecule has 0 saturated heterocycles. The Morgan fingerprint density at radius 3 is 2.06 bits per heavy atom. The van der Waals surface area contributed by atoms with Crippen LogP contribution in [0.3, 0.4) is 0 Å². The molecule has 0 unspecified atom stereocenters. The van der Waals surface area contributed by atoms with Crippen LogP contribution in [-0.2, 0) is 14.3 Å². The van der Waals surface area contributed by atoms with Crippen LogP contribution < -0.4 is 5.32 Å². The van der Waals surface area contributed by atoms with Gasteiger partial charge in [0, 0.05) is 30.5 Å². The fourth-order valence-corrected chi connectivity index (χ4v) is 5.60. The standard InChI is InChI=1S/C28H32N2O5/c31-26(32)15-16-30(20-13-14-20)27(33)18-9-11-19(12-10-18)29-28(34)35-17-25-23-7-3-1-5-21(23)22-6-2-4-8-24(22)25/h1-8,18-20,25H,9-17H2,(H,29,34)(H,31,32). The fraction of sp³-hybridized carbons (Fsp3) is 0.464. The summed E-state index contributed by atoms with van der Waals surface area (Å²) < 4.78 is 5.67. The molecule has 3 aliphatic carbocycles. The predicted octanol–water partition coefficient (Wildman–Crippen LogP) is 4.55. The van der Waals surface area contributed by atoms with E-state index in [1.807, 2.05) is 24.3 Å². The van der Waals surface area contributed by atoms with Crippen LogP contribution >= 0.6 is 0 Å². The molecule has 0 aromatic heterocycles. The van der Waals surface area contributed by atoms with E-state index in [0.717, 1.165) is 25.7 Å². The second-order valence-corrected chi connectivity index (χ2v) is 9.92. The van der Waals surface area contributed by atoms with E-state index in [0.29, 0.717) is 12.8 Å². The van der Waals surface area contributed by atoms with Crippen LogP contribution in [0.25, 0.3) is 11.1 Å². The molecule has 0 aliphatic heterocycles. The van der Waals surface area contributed by atoms with Gasteiger partial charge in [-0.2, -0.15) is 0 Å². The summed E-state index contributed by atoms with van der Waals surface area (Å²) in [6.45, 7) is 0.574. The highest BCUT2D eigenvalue weighted by atomic mass is 16.5. The van der Waals surface area contributed by atoms with E-state index in [-0.39, 0.29) is 49.4 Å². The van der Waals surface area contributed by atoms with Gasteiger partial charge >= 0.3 is 12.1 Å². The van der Waals surface area contributed by atoms with Crippen LogP contribution in [0.4, 0.5) is 4.79 Å². The van der Waals surface area contributed by atoms with Crippen molar-refractivity contribution in [1.29, 1.82) is 0 Å². The molecule has 35 heavy (non-hydrogen) atoms. The molecule has 5 rings (SSSR count). The van der Waals surface area contributed by atoms with Gasteiger partial charge < -0.3 is 20.1 Å². The predicted molar refractivity (Wildman–Crippen MR) is 131 cm³/mol. The molecule has 2 N–H and O–H groups in total. The molecule has 184 valence electrons. The van der Waals surface area contributed by atoms with Crippen molar-refractivity contribution in [2.24, 2.45) is 5.92 Å². The number of carbonyl (C=O) groups excluding carboxylic acids is 2. The Hall–Kier alpha value is -3.35. The van der Waals surface area contributed by atoms with Gasteiger partial charge in [0.1, 0.15) is 6.61 Å². The van der Waals surface area contributed by atoms with Gasteiger partial charge in [-0.15, -0.1) is 0 Å².